The highest BCUT2D eigenvalue weighted by Crippen LogP contribution is 2.28. The topological polar surface area (TPSA) is 217 Å². The standard InChI is InChI=1S/C20H17NO6.C17H16O4.C11H9NO4/c1-21-15-10-13(19(24)26-2)8-9-14(15)17(22)16(18(21)23)20(25)27-11-12-6-4-3-5-7-12;18-16(20-12-14-7-3-1-4-8-14)11-17(19)21-13-15-9-5-2-6-10-15;1-6(13)7-3-4-8-9(5-7)12(2)11(15)16-10(8)14/h3-10,22H,11H2,1-2H3;1-10H,11-13H2;3-5H,1-2H3. The molecule has 0 radical (unpaired) electrons. The number of carbonyl (C=O) groups is 5. The molecule has 0 unspecified atom stereocenters. The van der Waals surface area contributed by atoms with Crippen molar-refractivity contribution in [1.29, 1.82) is 0 Å². The van der Waals surface area contributed by atoms with E-state index in [9.17, 15) is 43.5 Å². The first-order valence-electron chi connectivity index (χ1n) is 19.4. The van der Waals surface area contributed by atoms with Crippen LogP contribution in [0, 0.1) is 0 Å². The van der Waals surface area contributed by atoms with Gasteiger partial charge in [0.25, 0.3) is 5.56 Å². The Hall–Kier alpha value is -8.40. The van der Waals surface area contributed by atoms with Gasteiger partial charge in [-0.1, -0.05) is 97.1 Å². The summed E-state index contributed by atoms with van der Waals surface area (Å²) in [6, 6.07) is 36.4. The molecular formula is C48H42N2O14. The third kappa shape index (κ3) is 12.1. The predicted molar refractivity (Wildman–Crippen MR) is 233 cm³/mol. The summed E-state index contributed by atoms with van der Waals surface area (Å²) in [5, 5.41) is 11.0. The number of aromatic hydroxyl groups is 1. The number of methoxy groups -OCH3 is 1. The highest BCUT2D eigenvalue weighted by Gasteiger charge is 2.23. The van der Waals surface area contributed by atoms with Crippen molar-refractivity contribution in [2.75, 3.05) is 7.11 Å². The fourth-order valence-electron chi connectivity index (χ4n) is 5.94. The summed E-state index contributed by atoms with van der Waals surface area (Å²) >= 11 is 0. The average molecular weight is 871 g/mol. The molecule has 16 nitrogen and oxygen atoms in total. The number of aryl methyl sites for hydroxylation is 2. The van der Waals surface area contributed by atoms with Crippen LogP contribution in [0.15, 0.2) is 146 Å². The minimum atomic E-state index is -0.920. The lowest BCUT2D eigenvalue weighted by Crippen LogP contribution is -2.26. The number of fused-ring (bicyclic) bond motifs is 2. The van der Waals surface area contributed by atoms with Gasteiger partial charge in [0, 0.05) is 25.0 Å². The SMILES string of the molecule is CC(=O)c1ccc2c(=O)oc(=O)n(C)c2c1.COC(=O)c1ccc2c(O)c(C(=O)OCc3ccccc3)c(=O)n(C)c2c1.O=C(CC(=O)OCc1ccccc1)OCc1ccccc1. The molecule has 7 aromatic rings. The first-order chi connectivity index (χ1) is 30.7. The molecular weight excluding hydrogens is 829 g/mol. The zero-order valence-corrected chi connectivity index (χ0v) is 35.1. The molecule has 328 valence electrons. The lowest BCUT2D eigenvalue weighted by molar-refractivity contribution is -0.156. The maximum absolute atomic E-state index is 12.6. The number of pyridine rings is 1. The number of aromatic nitrogens is 2. The number of rotatable bonds is 11. The van der Waals surface area contributed by atoms with Crippen LogP contribution in [0.5, 0.6) is 5.75 Å². The maximum Gasteiger partial charge on any atom is 0.422 e. The Bertz CT molecular complexity index is 2940. The first kappa shape index (κ1) is 46.7. The Labute approximate surface area is 364 Å². The van der Waals surface area contributed by atoms with Crippen molar-refractivity contribution in [2.45, 2.75) is 33.2 Å². The molecule has 2 heterocycles. The van der Waals surface area contributed by atoms with E-state index in [0.29, 0.717) is 16.6 Å². The Morgan fingerprint density at radius 2 is 1.03 bits per heavy atom. The lowest BCUT2D eigenvalue weighted by atomic mass is 10.1. The van der Waals surface area contributed by atoms with Crippen LogP contribution in [0.25, 0.3) is 21.8 Å². The largest absolute Gasteiger partial charge is 0.506 e. The second kappa shape index (κ2) is 21.9. The Morgan fingerprint density at radius 3 is 1.53 bits per heavy atom. The molecule has 0 saturated heterocycles. The predicted octanol–water partition coefficient (Wildman–Crippen LogP) is 5.95. The fraction of sp³-hybridized carbons (Fsp3) is 0.167. The summed E-state index contributed by atoms with van der Waals surface area (Å²) in [5.74, 6) is -4.01. The third-order valence-corrected chi connectivity index (χ3v) is 9.42. The third-order valence-electron chi connectivity index (χ3n) is 9.42. The van der Waals surface area contributed by atoms with Gasteiger partial charge in [-0.05, 0) is 53.9 Å². The van der Waals surface area contributed by atoms with E-state index >= 15 is 0 Å². The maximum atomic E-state index is 12.6. The molecule has 0 bridgehead atoms. The van der Waals surface area contributed by atoms with Crippen molar-refractivity contribution in [3.8, 4) is 5.75 Å². The smallest absolute Gasteiger partial charge is 0.422 e. The number of hydrogen-bond donors (Lipinski definition) is 1. The van der Waals surface area contributed by atoms with Gasteiger partial charge in [0.1, 0.15) is 32.0 Å². The highest BCUT2D eigenvalue weighted by atomic mass is 16.6. The monoisotopic (exact) mass is 870 g/mol. The van der Waals surface area contributed by atoms with Crippen LogP contribution >= 0.6 is 0 Å². The van der Waals surface area contributed by atoms with Crippen molar-refractivity contribution in [3.63, 3.8) is 0 Å². The second-order valence-electron chi connectivity index (χ2n) is 13.8. The minimum absolute atomic E-state index is 0.0262. The number of Topliss-reactive ketones (excluding diaryl/α,β-unsaturated/α-hetero) is 1. The van der Waals surface area contributed by atoms with Crippen LogP contribution in [0.4, 0.5) is 0 Å². The molecule has 0 aliphatic heterocycles. The van der Waals surface area contributed by atoms with Gasteiger partial charge < -0.3 is 33.0 Å². The molecule has 0 aliphatic carbocycles. The normalized spacial score (nSPS) is 10.4. The van der Waals surface area contributed by atoms with Crippen molar-refractivity contribution >= 4 is 51.5 Å². The zero-order valence-electron chi connectivity index (χ0n) is 35.1. The van der Waals surface area contributed by atoms with E-state index in [1.165, 1.54) is 73.7 Å². The van der Waals surface area contributed by atoms with Crippen molar-refractivity contribution in [2.24, 2.45) is 14.1 Å². The van der Waals surface area contributed by atoms with Gasteiger partial charge in [0.05, 0.1) is 29.1 Å². The van der Waals surface area contributed by atoms with E-state index in [0.717, 1.165) is 16.7 Å². The zero-order chi connectivity index (χ0) is 46.3. The Morgan fingerprint density at radius 1 is 0.578 bits per heavy atom. The number of nitrogens with zero attached hydrogens (tertiary/aromatic N) is 2. The van der Waals surface area contributed by atoms with Crippen LogP contribution in [0.3, 0.4) is 0 Å². The van der Waals surface area contributed by atoms with Crippen LogP contribution in [0.2, 0.25) is 0 Å². The lowest BCUT2D eigenvalue weighted by Gasteiger charge is -2.12. The molecule has 0 fully saturated rings. The van der Waals surface area contributed by atoms with Gasteiger partial charge in [-0.2, -0.15) is 0 Å². The molecule has 0 spiro atoms. The number of ketones is 1. The Balaban J connectivity index is 0.000000187. The summed E-state index contributed by atoms with van der Waals surface area (Å²) in [6.07, 6.45) is -0.375. The van der Waals surface area contributed by atoms with E-state index in [1.54, 1.807) is 24.3 Å². The summed E-state index contributed by atoms with van der Waals surface area (Å²) in [5.41, 5.74) is 2.01. The van der Waals surface area contributed by atoms with Crippen molar-refractivity contribution < 1.29 is 52.4 Å². The van der Waals surface area contributed by atoms with Crippen LogP contribution in [0.1, 0.15) is 61.1 Å². The summed E-state index contributed by atoms with van der Waals surface area (Å²) in [4.78, 5) is 93.5. The van der Waals surface area contributed by atoms with Crippen molar-refractivity contribution in [1.82, 2.24) is 9.13 Å². The van der Waals surface area contributed by atoms with Crippen LogP contribution in [-0.2, 0) is 62.5 Å². The number of benzene rings is 5. The molecule has 2 aromatic heterocycles. The van der Waals surface area contributed by atoms with Gasteiger partial charge in [0.15, 0.2) is 11.3 Å². The number of carbonyl (C=O) groups excluding carboxylic acids is 5. The fourth-order valence-corrected chi connectivity index (χ4v) is 5.94. The molecule has 0 aliphatic rings. The number of ether oxygens (including phenoxy) is 4. The van der Waals surface area contributed by atoms with E-state index in [4.69, 9.17) is 14.2 Å². The second-order valence-corrected chi connectivity index (χ2v) is 13.8. The first-order valence-corrected chi connectivity index (χ1v) is 19.4. The van der Waals surface area contributed by atoms with Crippen molar-refractivity contribution in [3.05, 3.63) is 192 Å². The van der Waals surface area contributed by atoms with E-state index < -0.39 is 52.1 Å². The molecule has 7 rings (SSSR count). The summed E-state index contributed by atoms with van der Waals surface area (Å²) in [7, 11) is 4.17. The summed E-state index contributed by atoms with van der Waals surface area (Å²) in [6.45, 7) is 1.71. The molecule has 1 N–H and O–H groups in total. The van der Waals surface area contributed by atoms with Gasteiger partial charge in [0.2, 0.25) is 0 Å². The van der Waals surface area contributed by atoms with Gasteiger partial charge >= 0.3 is 35.3 Å². The van der Waals surface area contributed by atoms with E-state index in [1.807, 2.05) is 66.7 Å². The van der Waals surface area contributed by atoms with Gasteiger partial charge in [-0.3, -0.25) is 23.7 Å². The molecule has 0 atom stereocenters. The number of hydrogen-bond acceptors (Lipinski definition) is 14. The van der Waals surface area contributed by atoms with Gasteiger partial charge in [-0.25, -0.2) is 19.2 Å². The quantitative estimate of drug-likeness (QED) is 0.0689. The van der Waals surface area contributed by atoms with Gasteiger partial charge in [-0.15, -0.1) is 0 Å². The highest BCUT2D eigenvalue weighted by molar-refractivity contribution is 6.02. The van der Waals surface area contributed by atoms with Crippen LogP contribution < -0.4 is 16.9 Å². The van der Waals surface area contributed by atoms with E-state index in [2.05, 4.69) is 9.15 Å². The molecule has 0 amide bonds. The minimum Gasteiger partial charge on any atom is -0.506 e. The average Bonchev–Trinajstić information content (AvgIpc) is 3.31. The van der Waals surface area contributed by atoms with Crippen LogP contribution in [-0.4, -0.2) is 51.0 Å². The molecule has 64 heavy (non-hydrogen) atoms. The Kier molecular flexibility index (Phi) is 16.0. The molecule has 5 aromatic carbocycles. The molecule has 0 saturated carbocycles. The summed E-state index contributed by atoms with van der Waals surface area (Å²) < 4.78 is 26.7. The van der Waals surface area contributed by atoms with E-state index in [-0.39, 0.29) is 48.4 Å². The molecule has 16 heteroatoms. The number of esters is 4.